The maximum absolute atomic E-state index is 11.0. The van der Waals surface area contributed by atoms with Crippen molar-refractivity contribution in [2.45, 2.75) is 13.3 Å². The van der Waals surface area contributed by atoms with Gasteiger partial charge in [-0.1, -0.05) is 91.0 Å². The zero-order valence-corrected chi connectivity index (χ0v) is 16.3. The Kier molecular flexibility index (Phi) is 5.26. The Bertz CT molecular complexity index is 1120. The summed E-state index contributed by atoms with van der Waals surface area (Å²) in [5.41, 5.74) is 8.94. The molecule has 0 amide bonds. The third-order valence-corrected chi connectivity index (χ3v) is 5.35. The predicted octanol–water partition coefficient (Wildman–Crippen LogP) is 6.62. The van der Waals surface area contributed by atoms with Gasteiger partial charge in [0.05, 0.1) is 5.56 Å². The maximum atomic E-state index is 11.0. The lowest BCUT2D eigenvalue weighted by molar-refractivity contribution is 0.0696. The summed E-state index contributed by atoms with van der Waals surface area (Å²) in [6.45, 7) is 1.84. The van der Waals surface area contributed by atoms with E-state index in [-0.39, 0.29) is 0 Å². The summed E-state index contributed by atoms with van der Waals surface area (Å²) in [4.78, 5) is 11.0. The molecule has 2 nitrogen and oxygen atoms in total. The number of hydrogen-bond donors (Lipinski definition) is 1. The van der Waals surface area contributed by atoms with Crippen molar-refractivity contribution in [1.29, 1.82) is 0 Å². The van der Waals surface area contributed by atoms with Gasteiger partial charge in [-0.2, -0.15) is 0 Å². The molecule has 4 aromatic rings. The van der Waals surface area contributed by atoms with Gasteiger partial charge in [-0.15, -0.1) is 0 Å². The van der Waals surface area contributed by atoms with Crippen molar-refractivity contribution in [1.82, 2.24) is 0 Å². The predicted molar refractivity (Wildman–Crippen MR) is 118 cm³/mol. The van der Waals surface area contributed by atoms with Crippen LogP contribution in [0, 0.1) is 6.92 Å². The van der Waals surface area contributed by atoms with Crippen molar-refractivity contribution in [2.24, 2.45) is 0 Å². The number of benzene rings is 4. The molecular weight excluding hydrogens is 356 g/mol. The first kappa shape index (κ1) is 18.7. The first-order valence-corrected chi connectivity index (χ1v) is 9.69. The van der Waals surface area contributed by atoms with Crippen LogP contribution in [0.4, 0.5) is 0 Å². The fourth-order valence-electron chi connectivity index (χ4n) is 3.88. The molecular formula is C27H22O2. The van der Waals surface area contributed by atoms with Crippen LogP contribution in [0.2, 0.25) is 0 Å². The molecule has 0 atom stereocenters. The van der Waals surface area contributed by atoms with Crippen LogP contribution in [-0.2, 0) is 6.42 Å². The lowest BCUT2D eigenvalue weighted by Gasteiger charge is -2.08. The fourth-order valence-corrected chi connectivity index (χ4v) is 3.88. The molecule has 0 bridgehead atoms. The number of hydrogen-bond acceptors (Lipinski definition) is 1. The minimum atomic E-state index is -0.879. The minimum Gasteiger partial charge on any atom is -0.478 e. The van der Waals surface area contributed by atoms with Gasteiger partial charge < -0.3 is 5.11 Å². The molecule has 142 valence electrons. The highest BCUT2D eigenvalue weighted by molar-refractivity contribution is 5.92. The molecule has 0 heterocycles. The molecule has 4 aromatic carbocycles. The fraction of sp³-hybridized carbons (Fsp3) is 0.0741. The van der Waals surface area contributed by atoms with E-state index in [0.29, 0.717) is 5.56 Å². The van der Waals surface area contributed by atoms with E-state index in [1.54, 1.807) is 12.1 Å². The summed E-state index contributed by atoms with van der Waals surface area (Å²) in [5.74, 6) is -0.879. The number of carboxylic acid groups (broad SMARTS) is 1. The summed E-state index contributed by atoms with van der Waals surface area (Å²) in [6, 6.07) is 32.5. The van der Waals surface area contributed by atoms with Gasteiger partial charge >= 0.3 is 5.97 Å². The van der Waals surface area contributed by atoms with Crippen LogP contribution in [0.25, 0.3) is 22.3 Å². The average Bonchev–Trinajstić information content (AvgIpc) is 3.13. The van der Waals surface area contributed by atoms with Gasteiger partial charge in [0.2, 0.25) is 0 Å². The Morgan fingerprint density at radius 2 is 1.17 bits per heavy atom. The largest absolute Gasteiger partial charge is 0.478 e. The summed E-state index contributed by atoms with van der Waals surface area (Å²) in [7, 11) is 0. The van der Waals surface area contributed by atoms with E-state index < -0.39 is 5.97 Å². The highest BCUT2D eigenvalue weighted by Crippen LogP contribution is 2.35. The third kappa shape index (κ3) is 3.83. The van der Waals surface area contributed by atoms with Gasteiger partial charge in [0.1, 0.15) is 0 Å². The molecule has 2 heteroatoms. The van der Waals surface area contributed by atoms with E-state index in [0.717, 1.165) is 23.1 Å². The van der Waals surface area contributed by atoms with Gasteiger partial charge in [-0.25, -0.2) is 4.79 Å². The second-order valence-corrected chi connectivity index (χ2v) is 7.14. The molecule has 1 aliphatic carbocycles. The van der Waals surface area contributed by atoms with Crippen molar-refractivity contribution in [3.63, 3.8) is 0 Å². The second kappa shape index (κ2) is 8.15. The first-order chi connectivity index (χ1) is 14.1. The van der Waals surface area contributed by atoms with Crippen molar-refractivity contribution in [3.05, 3.63) is 119 Å². The third-order valence-electron chi connectivity index (χ3n) is 5.35. The second-order valence-electron chi connectivity index (χ2n) is 7.14. The molecule has 0 aliphatic heterocycles. The van der Waals surface area contributed by atoms with Gasteiger partial charge in [0, 0.05) is 0 Å². The van der Waals surface area contributed by atoms with E-state index in [4.69, 9.17) is 5.11 Å². The summed E-state index contributed by atoms with van der Waals surface area (Å²) in [6.07, 6.45) is 1.10. The molecule has 0 aromatic heterocycles. The minimum absolute atomic E-state index is 0.362. The maximum Gasteiger partial charge on any atom is 0.335 e. The highest BCUT2D eigenvalue weighted by Gasteiger charge is 2.15. The summed E-state index contributed by atoms with van der Waals surface area (Å²) >= 11 is 0. The molecule has 0 unspecified atom stereocenters. The van der Waals surface area contributed by atoms with Crippen molar-refractivity contribution < 1.29 is 9.90 Å². The lowest BCUT2D eigenvalue weighted by Crippen LogP contribution is -2.00. The molecule has 1 aliphatic rings. The topological polar surface area (TPSA) is 37.3 Å². The lowest BCUT2D eigenvalue weighted by atomic mass is 9.97. The Morgan fingerprint density at radius 3 is 1.76 bits per heavy atom. The molecule has 0 saturated carbocycles. The first-order valence-electron chi connectivity index (χ1n) is 9.69. The Hall–Kier alpha value is -3.65. The zero-order valence-electron chi connectivity index (χ0n) is 16.3. The van der Waals surface area contributed by atoms with Crippen LogP contribution in [0.15, 0.2) is 97.1 Å². The molecule has 0 saturated heterocycles. The van der Waals surface area contributed by atoms with Gasteiger partial charge in [0.25, 0.3) is 0 Å². The Morgan fingerprint density at radius 1 is 0.655 bits per heavy atom. The molecule has 29 heavy (non-hydrogen) atoms. The van der Waals surface area contributed by atoms with Gasteiger partial charge in [0.15, 0.2) is 0 Å². The highest BCUT2D eigenvalue weighted by atomic mass is 16.4. The van der Waals surface area contributed by atoms with Crippen molar-refractivity contribution >= 4 is 5.97 Å². The molecule has 0 spiro atoms. The monoisotopic (exact) mass is 378 g/mol. The van der Waals surface area contributed by atoms with Crippen LogP contribution >= 0.6 is 0 Å². The number of carboxylic acids is 1. The van der Waals surface area contributed by atoms with E-state index in [1.165, 1.54) is 22.3 Å². The normalized spacial score (nSPS) is 11.1. The van der Waals surface area contributed by atoms with Crippen LogP contribution in [-0.4, -0.2) is 11.1 Å². The van der Waals surface area contributed by atoms with Crippen molar-refractivity contribution in [3.8, 4) is 22.3 Å². The van der Waals surface area contributed by atoms with Crippen LogP contribution < -0.4 is 0 Å². The number of rotatable bonds is 2. The van der Waals surface area contributed by atoms with Crippen LogP contribution in [0.3, 0.4) is 0 Å². The number of carbonyl (C=O) groups is 1. The molecule has 5 rings (SSSR count). The van der Waals surface area contributed by atoms with Crippen molar-refractivity contribution in [2.75, 3.05) is 0 Å². The zero-order chi connectivity index (χ0) is 20.2. The van der Waals surface area contributed by atoms with Crippen LogP contribution in [0.1, 0.15) is 27.0 Å². The number of fused-ring (bicyclic) bond motifs is 3. The summed E-state index contributed by atoms with van der Waals surface area (Å²) in [5, 5.41) is 9.04. The Labute approximate surface area is 171 Å². The molecule has 0 fully saturated rings. The smallest absolute Gasteiger partial charge is 0.335 e. The number of aromatic carboxylic acids is 1. The van der Waals surface area contributed by atoms with E-state index in [2.05, 4.69) is 48.5 Å². The summed E-state index contributed by atoms with van der Waals surface area (Å²) < 4.78 is 0. The molecule has 1 N–H and O–H groups in total. The van der Waals surface area contributed by atoms with E-state index in [9.17, 15) is 4.79 Å². The van der Waals surface area contributed by atoms with Gasteiger partial charge in [-0.05, 0) is 58.4 Å². The molecule has 0 radical (unpaired) electrons. The standard InChI is InChI=1S/C14H12O2.C13H10/c1-10-12(11-6-3-2-4-7-11)8-5-9-13(10)14(15)16;1-3-7-12-10(5-1)9-11-6-2-4-8-13(11)12/h2-9H,1H3,(H,15,16);1-8H,9H2. The average molecular weight is 378 g/mol. The quantitative estimate of drug-likeness (QED) is 0.375. The van der Waals surface area contributed by atoms with Crippen LogP contribution in [0.5, 0.6) is 0 Å². The van der Waals surface area contributed by atoms with E-state index >= 15 is 0 Å². The van der Waals surface area contributed by atoms with Gasteiger partial charge in [-0.3, -0.25) is 0 Å². The van der Waals surface area contributed by atoms with E-state index in [1.807, 2.05) is 43.3 Å². The Balaban J connectivity index is 0.000000144. The SMILES string of the molecule is Cc1c(C(=O)O)cccc1-c1ccccc1.c1ccc2c(c1)Cc1ccccc1-2.